The normalized spacial score (nSPS) is 11.6. The van der Waals surface area contributed by atoms with Gasteiger partial charge in [0.05, 0.1) is 6.29 Å². The largest absolute Gasteiger partial charge is 1.00 e. The molecule has 0 aromatic heterocycles. The second-order valence-electron chi connectivity index (χ2n) is 6.30. The number of carbonyl (C=O) groups excluding carboxylic acids is 1. The van der Waals surface area contributed by atoms with Crippen LogP contribution in [0.5, 0.6) is 0 Å². The van der Waals surface area contributed by atoms with Crippen molar-refractivity contribution >= 4 is 14.9 Å². The molecule has 0 aliphatic heterocycles. The van der Waals surface area contributed by atoms with E-state index in [0.29, 0.717) is 5.56 Å². The Balaban J connectivity index is -0.0000000423. The monoisotopic (exact) mass is 880 g/mol. The first-order valence-corrected chi connectivity index (χ1v) is 11.2. The molecule has 200 valence electrons. The van der Waals surface area contributed by atoms with Gasteiger partial charge in [-0.15, -0.1) is 20.7 Å². The van der Waals surface area contributed by atoms with Crippen LogP contribution in [0.15, 0.2) is 30.3 Å². The van der Waals surface area contributed by atoms with Crippen molar-refractivity contribution in [2.75, 3.05) is 0 Å². The van der Waals surface area contributed by atoms with E-state index < -0.39 is 0 Å². The van der Waals surface area contributed by atoms with Crippen LogP contribution in [0.25, 0.3) is 0 Å². The summed E-state index contributed by atoms with van der Waals surface area (Å²) in [4.78, 5) is 9.88. The van der Waals surface area contributed by atoms with Gasteiger partial charge in [0.15, 0.2) is 0 Å². The van der Waals surface area contributed by atoms with E-state index in [9.17, 15) is 4.79 Å². The zero-order valence-corrected chi connectivity index (χ0v) is 27.6. The van der Waals surface area contributed by atoms with Gasteiger partial charge in [-0.3, -0.25) is 0 Å². The van der Waals surface area contributed by atoms with Crippen molar-refractivity contribution in [1.82, 2.24) is 0 Å². The van der Waals surface area contributed by atoms with Crippen LogP contribution < -0.4 is 18.9 Å². The minimum Gasteiger partial charge on any atom is 0 e. The number of hydrogen-bond acceptors (Lipinski definition) is 1. The second-order valence-corrected chi connectivity index (χ2v) is 8.27. The summed E-state index contributed by atoms with van der Waals surface area (Å²) < 4.78 is 52.5. The van der Waals surface area contributed by atoms with Crippen LogP contribution in [0.1, 0.15) is 69.8 Å². The fraction of sp³-hybridized carbons (Fsp3) is 0.462. The van der Waals surface area contributed by atoms with Crippen LogP contribution in [0.2, 0.25) is 0 Å². The molecule has 8 nitrogen and oxygen atoms in total. The third-order valence-corrected chi connectivity index (χ3v) is 6.67. The van der Waals surface area contributed by atoms with Crippen LogP contribution in [0, 0.1) is 46.6 Å². The minimum atomic E-state index is 0. The van der Waals surface area contributed by atoms with Crippen molar-refractivity contribution in [1.29, 1.82) is 0 Å². The third-order valence-electron chi connectivity index (χ3n) is 4.57. The van der Waals surface area contributed by atoms with Crippen molar-refractivity contribution in [2.24, 2.45) is 0 Å². The molecule has 12 heteroatoms. The van der Waals surface area contributed by atoms with E-state index in [4.69, 9.17) is 32.6 Å². The summed E-state index contributed by atoms with van der Waals surface area (Å²) in [6.45, 7) is 31.5. The van der Waals surface area contributed by atoms with Crippen molar-refractivity contribution in [2.45, 2.75) is 75.5 Å². The van der Waals surface area contributed by atoms with Crippen LogP contribution >= 0.6 is 8.58 Å². The Morgan fingerprint density at radius 2 is 0.816 bits per heavy atom. The zero-order chi connectivity index (χ0) is 28.8. The summed E-state index contributed by atoms with van der Waals surface area (Å²) in [6.07, 6.45) is 17.2. The maximum Gasteiger partial charge on any atom is 1.00 e. The second kappa shape index (κ2) is 70.7. The maximum atomic E-state index is 9.88. The SMILES string of the molecule is C1CCC(PC2CCCCC2)CC1.O=[C-]c1ccccc1.[C-]#[O+].[C-]#[O+].[C-]#[O+].[C-]#[O+].[C-]#[O+].[C-]#[O+].[C-]#[O+].[Li+].[Re].[Re]. The molecule has 0 heterocycles. The van der Waals surface area contributed by atoms with Gasteiger partial charge in [0.2, 0.25) is 0 Å². The molecule has 0 spiro atoms. The van der Waals surface area contributed by atoms with E-state index in [2.05, 4.69) is 46.6 Å². The molecule has 2 radical (unpaired) electrons. The van der Waals surface area contributed by atoms with Crippen LogP contribution in [-0.4, -0.2) is 17.6 Å². The molecule has 0 amide bonds. The summed E-state index contributed by atoms with van der Waals surface area (Å²) in [5.41, 5.74) is 2.90. The van der Waals surface area contributed by atoms with Crippen molar-refractivity contribution in [3.63, 3.8) is 0 Å². The molecular weight excluding hydrogens is 851 g/mol. The van der Waals surface area contributed by atoms with Crippen molar-refractivity contribution in [3.05, 3.63) is 82.4 Å². The number of benzene rings is 1. The molecule has 0 saturated heterocycles. The fourth-order valence-corrected chi connectivity index (χ4v) is 5.53. The Bertz CT molecular complexity index is 606. The molecule has 1 aromatic carbocycles. The molecule has 0 unspecified atom stereocenters. The van der Waals surface area contributed by atoms with E-state index >= 15 is 0 Å². The van der Waals surface area contributed by atoms with Gasteiger partial charge in [-0.05, 0) is 37.0 Å². The van der Waals surface area contributed by atoms with Crippen LogP contribution in [0.3, 0.4) is 0 Å². The Kier molecular flexibility index (Phi) is 114. The molecule has 2 fully saturated rings. The quantitative estimate of drug-likeness (QED) is 0.194. The summed E-state index contributed by atoms with van der Waals surface area (Å²) in [5.74, 6) is 0. The topological polar surface area (TPSA) is 156 Å². The van der Waals surface area contributed by atoms with Gasteiger partial charge in [-0.25, -0.2) is 0 Å². The van der Waals surface area contributed by atoms with E-state index in [1.807, 2.05) is 6.07 Å². The summed E-state index contributed by atoms with van der Waals surface area (Å²) in [7, 11) is 1.33. The van der Waals surface area contributed by atoms with Crippen molar-refractivity contribution in [3.8, 4) is 0 Å². The number of rotatable bonds is 3. The summed E-state index contributed by atoms with van der Waals surface area (Å²) in [5, 5.41) is 0. The molecule has 0 bridgehead atoms. The molecule has 0 N–H and O–H groups in total. The van der Waals surface area contributed by atoms with Gasteiger partial charge < -0.3 is 4.79 Å². The van der Waals surface area contributed by atoms with Crippen LogP contribution in [-0.2, 0) is 78.2 Å². The first-order valence-electron chi connectivity index (χ1n) is 10.0. The smallest absolute Gasteiger partial charge is 0 e. The predicted octanol–water partition coefficient (Wildman–Crippen LogP) is 2.21. The molecule has 38 heavy (non-hydrogen) atoms. The molecule has 2 aliphatic carbocycles. The van der Waals surface area contributed by atoms with Gasteiger partial charge in [-0.1, -0.05) is 44.6 Å². The van der Waals surface area contributed by atoms with Gasteiger partial charge in [0, 0.05) is 40.8 Å². The van der Waals surface area contributed by atoms with E-state index in [1.54, 1.807) is 56.2 Å². The molecule has 0 atom stereocenters. The fourth-order valence-electron chi connectivity index (χ4n) is 3.38. The first kappa shape index (κ1) is 61.5. The summed E-state index contributed by atoms with van der Waals surface area (Å²) >= 11 is 0. The predicted molar refractivity (Wildman–Crippen MR) is 121 cm³/mol. The summed E-state index contributed by atoms with van der Waals surface area (Å²) in [6, 6.07) is 8.90. The number of hydrogen-bond donors (Lipinski definition) is 0. The molecule has 3 rings (SSSR count). The Labute approximate surface area is 268 Å². The minimum absolute atomic E-state index is 0. The Morgan fingerprint density at radius 1 is 0.553 bits per heavy atom. The molecule has 1 aromatic rings. The maximum absolute atomic E-state index is 9.88. The molecule has 2 aliphatic rings. The average molecular weight is 879 g/mol. The van der Waals surface area contributed by atoms with E-state index in [-0.39, 0.29) is 59.7 Å². The van der Waals surface area contributed by atoms with E-state index in [1.165, 1.54) is 47.1 Å². The van der Waals surface area contributed by atoms with E-state index in [0.717, 1.165) is 11.3 Å². The first-order chi connectivity index (χ1) is 17.4. The Hall–Kier alpha value is -0.578. The third kappa shape index (κ3) is 48.5. The average Bonchev–Trinajstić information content (AvgIpc) is 3.02. The van der Waals surface area contributed by atoms with Crippen molar-refractivity contribution < 1.29 is 97.1 Å². The van der Waals surface area contributed by atoms with Gasteiger partial charge in [-0.2, -0.15) is 17.7 Å². The van der Waals surface area contributed by atoms with Crippen LogP contribution in [0.4, 0.5) is 0 Å². The van der Waals surface area contributed by atoms with Gasteiger partial charge in [0.1, 0.15) is 0 Å². The standard InChI is InChI=1S/C12H23P.C7H5O.7CO.Li.2Re/c1-3-7-11(8-4-1)13-12-9-5-2-6-10-12;8-6-7-4-2-1-3-5-7;7*1-2;;;/h11-13H,1-10H2;1-5H;;;;;;;;;;/q;-1;;;;;;;;+1;;. The zero-order valence-electron chi connectivity index (χ0n) is 21.1. The molecular formula is C26H28LiO8PRe2. The Morgan fingerprint density at radius 3 is 1.03 bits per heavy atom. The van der Waals surface area contributed by atoms with Gasteiger partial charge >= 0.3 is 98.0 Å². The molecule has 2 saturated carbocycles. The van der Waals surface area contributed by atoms with Gasteiger partial charge in [0.25, 0.3) is 0 Å².